The highest BCUT2D eigenvalue weighted by atomic mass is 16.5. The molecule has 0 atom stereocenters. The molecular weight excluding hydrogens is 406 g/mol. The monoisotopic (exact) mass is 441 g/mol. The van der Waals surface area contributed by atoms with E-state index in [2.05, 4.69) is 20.8 Å². The zero-order chi connectivity index (χ0) is 23.1. The van der Waals surface area contributed by atoms with E-state index in [1.54, 1.807) is 12.0 Å². The first-order valence-corrected chi connectivity index (χ1v) is 11.1. The van der Waals surface area contributed by atoms with Crippen LogP contribution < -0.4 is 15.4 Å². The molecule has 1 aliphatic carbocycles. The maximum absolute atomic E-state index is 12.9. The number of carbonyl (C=O) groups excluding carboxylic acids is 1. The molecule has 9 heteroatoms. The van der Waals surface area contributed by atoms with Crippen LogP contribution in [0.1, 0.15) is 42.9 Å². The zero-order valence-electron chi connectivity index (χ0n) is 19.8. The predicted octanol–water partition coefficient (Wildman–Crippen LogP) is 2.02. The van der Waals surface area contributed by atoms with Gasteiger partial charge in [-0.15, -0.1) is 10.2 Å². The summed E-state index contributed by atoms with van der Waals surface area (Å²) in [7, 11) is 7.25. The lowest BCUT2D eigenvalue weighted by Crippen LogP contribution is -2.49. The first kappa shape index (κ1) is 23.6. The van der Waals surface area contributed by atoms with Crippen molar-refractivity contribution in [3.05, 3.63) is 41.5 Å². The summed E-state index contributed by atoms with van der Waals surface area (Å²) < 4.78 is 7.18. The van der Waals surface area contributed by atoms with Gasteiger partial charge >= 0.3 is 0 Å². The van der Waals surface area contributed by atoms with Crippen molar-refractivity contribution in [2.75, 3.05) is 27.7 Å². The van der Waals surface area contributed by atoms with Crippen LogP contribution in [-0.2, 0) is 24.9 Å². The van der Waals surface area contributed by atoms with Gasteiger partial charge in [-0.25, -0.2) is 4.99 Å². The Hall–Kier alpha value is -3.10. The third-order valence-electron chi connectivity index (χ3n) is 6.19. The zero-order valence-corrected chi connectivity index (χ0v) is 19.8. The van der Waals surface area contributed by atoms with Gasteiger partial charge in [0.05, 0.1) is 25.6 Å². The van der Waals surface area contributed by atoms with Crippen molar-refractivity contribution in [3.8, 4) is 5.75 Å². The molecule has 1 amide bonds. The number of aromatic nitrogens is 3. The number of carbonyl (C=O) groups is 1. The number of methoxy groups -OCH3 is 1. The lowest BCUT2D eigenvalue weighted by Gasteiger charge is -2.31. The molecule has 0 aliphatic heterocycles. The molecule has 2 N–H and O–H groups in total. The fraction of sp³-hybridized carbons (Fsp3) is 0.565. The molecule has 1 aliphatic rings. The first-order chi connectivity index (χ1) is 15.3. The van der Waals surface area contributed by atoms with Gasteiger partial charge in [-0.1, -0.05) is 25.0 Å². The van der Waals surface area contributed by atoms with Crippen LogP contribution in [0.5, 0.6) is 5.75 Å². The van der Waals surface area contributed by atoms with Crippen molar-refractivity contribution in [1.29, 1.82) is 0 Å². The van der Waals surface area contributed by atoms with E-state index in [9.17, 15) is 4.79 Å². The fourth-order valence-electron chi connectivity index (χ4n) is 4.09. The van der Waals surface area contributed by atoms with Gasteiger partial charge in [0.25, 0.3) is 0 Å². The van der Waals surface area contributed by atoms with Crippen LogP contribution in [-0.4, -0.2) is 59.3 Å². The van der Waals surface area contributed by atoms with E-state index in [0.29, 0.717) is 25.6 Å². The number of nitrogens with one attached hydrogen (secondary N) is 2. The molecule has 0 unspecified atom stereocenters. The normalized spacial score (nSPS) is 15.5. The van der Waals surface area contributed by atoms with Crippen molar-refractivity contribution in [2.45, 2.75) is 45.7 Å². The summed E-state index contributed by atoms with van der Waals surface area (Å²) in [6, 6.07) is 7.86. The molecule has 1 fully saturated rings. The molecule has 0 saturated heterocycles. The first-order valence-electron chi connectivity index (χ1n) is 11.1. The summed E-state index contributed by atoms with van der Waals surface area (Å²) in [5.41, 5.74) is 0.689. The number of benzene rings is 1. The number of rotatable bonds is 8. The third kappa shape index (κ3) is 5.57. The van der Waals surface area contributed by atoms with E-state index in [0.717, 1.165) is 48.6 Å². The second-order valence-electron chi connectivity index (χ2n) is 8.63. The average Bonchev–Trinajstić information content (AvgIpc) is 3.41. The van der Waals surface area contributed by atoms with Crippen LogP contribution in [0.25, 0.3) is 0 Å². The van der Waals surface area contributed by atoms with E-state index >= 15 is 0 Å². The number of amides is 1. The Morgan fingerprint density at radius 1 is 1.19 bits per heavy atom. The molecule has 1 aromatic heterocycles. The summed E-state index contributed by atoms with van der Waals surface area (Å²) in [5, 5.41) is 15.1. The lowest BCUT2D eigenvalue weighted by atomic mass is 9.84. The summed E-state index contributed by atoms with van der Waals surface area (Å²) in [4.78, 5) is 19.4. The van der Waals surface area contributed by atoms with Gasteiger partial charge in [0.1, 0.15) is 11.6 Å². The maximum atomic E-state index is 12.9. The quantitative estimate of drug-likeness (QED) is 0.481. The van der Waals surface area contributed by atoms with Crippen LogP contribution in [0, 0.1) is 12.3 Å². The minimum Gasteiger partial charge on any atom is -0.497 e. The summed E-state index contributed by atoms with van der Waals surface area (Å²) >= 11 is 0. The van der Waals surface area contributed by atoms with Gasteiger partial charge in [0, 0.05) is 27.7 Å². The number of hydrogen-bond donors (Lipinski definition) is 2. The molecule has 0 spiro atoms. The molecular formula is C23H35N7O2. The Labute approximate surface area is 190 Å². The summed E-state index contributed by atoms with van der Waals surface area (Å²) in [6.07, 6.45) is 3.94. The molecule has 2 aromatic rings. The lowest BCUT2D eigenvalue weighted by molar-refractivity contribution is -0.138. The van der Waals surface area contributed by atoms with Crippen LogP contribution in [0.4, 0.5) is 0 Å². The third-order valence-corrected chi connectivity index (χ3v) is 6.19. The van der Waals surface area contributed by atoms with Crippen LogP contribution in [0.2, 0.25) is 0 Å². The molecule has 32 heavy (non-hydrogen) atoms. The number of aliphatic imine (C=N–C) groups is 1. The Balaban J connectivity index is 1.73. The topological polar surface area (TPSA) is 96.7 Å². The summed E-state index contributed by atoms with van der Waals surface area (Å²) in [5.74, 6) is 3.33. The van der Waals surface area contributed by atoms with Crippen molar-refractivity contribution in [2.24, 2.45) is 17.5 Å². The van der Waals surface area contributed by atoms with Crippen molar-refractivity contribution in [1.82, 2.24) is 30.3 Å². The smallest absolute Gasteiger partial charge is 0.230 e. The average molecular weight is 442 g/mol. The van der Waals surface area contributed by atoms with Crippen molar-refractivity contribution >= 4 is 11.9 Å². The molecule has 3 rings (SSSR count). The van der Waals surface area contributed by atoms with Gasteiger partial charge in [0.15, 0.2) is 11.8 Å². The Morgan fingerprint density at radius 3 is 2.44 bits per heavy atom. The molecule has 1 heterocycles. The highest BCUT2D eigenvalue weighted by molar-refractivity contribution is 5.85. The molecule has 174 valence electrons. The van der Waals surface area contributed by atoms with Gasteiger partial charge < -0.3 is 24.8 Å². The van der Waals surface area contributed by atoms with E-state index in [-0.39, 0.29) is 11.3 Å². The van der Waals surface area contributed by atoms with Crippen LogP contribution >= 0.6 is 0 Å². The van der Waals surface area contributed by atoms with Gasteiger partial charge in [0.2, 0.25) is 5.91 Å². The second-order valence-corrected chi connectivity index (χ2v) is 8.63. The van der Waals surface area contributed by atoms with E-state index in [1.807, 2.05) is 56.9 Å². The number of hydrogen-bond acceptors (Lipinski definition) is 5. The Kier molecular flexibility index (Phi) is 7.71. The van der Waals surface area contributed by atoms with Gasteiger partial charge in [-0.3, -0.25) is 4.79 Å². The standard InChI is InChI=1S/C23H35N7O2/c1-17-27-28-20(30(17)4)15-25-22(24-14-18-8-10-19(32-5)11-9-18)26-16-23(12-6-7-13-23)21(31)29(2)3/h8-11H,6-7,12-16H2,1-5H3,(H2,24,25,26). The molecule has 1 aromatic carbocycles. The molecule has 9 nitrogen and oxygen atoms in total. The van der Waals surface area contributed by atoms with E-state index in [4.69, 9.17) is 9.73 Å². The predicted molar refractivity (Wildman–Crippen MR) is 124 cm³/mol. The van der Waals surface area contributed by atoms with Crippen LogP contribution in [0.3, 0.4) is 0 Å². The van der Waals surface area contributed by atoms with Crippen molar-refractivity contribution in [3.63, 3.8) is 0 Å². The fourth-order valence-corrected chi connectivity index (χ4v) is 4.09. The van der Waals surface area contributed by atoms with Gasteiger partial charge in [-0.05, 0) is 37.5 Å². The van der Waals surface area contributed by atoms with Crippen molar-refractivity contribution < 1.29 is 9.53 Å². The molecule has 1 saturated carbocycles. The highest BCUT2D eigenvalue weighted by Crippen LogP contribution is 2.38. The maximum Gasteiger partial charge on any atom is 0.230 e. The highest BCUT2D eigenvalue weighted by Gasteiger charge is 2.42. The number of ether oxygens (including phenoxy) is 1. The second kappa shape index (κ2) is 10.5. The molecule has 0 radical (unpaired) electrons. The van der Waals surface area contributed by atoms with Gasteiger partial charge in [-0.2, -0.15) is 0 Å². The minimum atomic E-state index is -0.382. The summed E-state index contributed by atoms with van der Waals surface area (Å²) in [6.45, 7) is 3.46. The van der Waals surface area contributed by atoms with E-state index in [1.165, 1.54) is 0 Å². The minimum absolute atomic E-state index is 0.181. The molecule has 0 bridgehead atoms. The SMILES string of the molecule is COc1ccc(CN=C(NCc2nnc(C)n2C)NCC2(C(=O)N(C)C)CCCC2)cc1. The van der Waals surface area contributed by atoms with Crippen LogP contribution in [0.15, 0.2) is 29.3 Å². The Morgan fingerprint density at radius 2 is 1.88 bits per heavy atom. The Bertz CT molecular complexity index is 928. The van der Waals surface area contributed by atoms with E-state index < -0.39 is 0 Å². The number of aryl methyl sites for hydroxylation is 1. The number of guanidine groups is 1. The number of nitrogens with zero attached hydrogens (tertiary/aromatic N) is 5. The largest absolute Gasteiger partial charge is 0.497 e.